The second kappa shape index (κ2) is 15.0. The molecular formula is C45H63N3O6. The highest BCUT2D eigenvalue weighted by molar-refractivity contribution is 5.55. The number of hydrogen-bond donors (Lipinski definition) is 3. The van der Waals surface area contributed by atoms with Crippen LogP contribution in [-0.4, -0.2) is 29.0 Å². The predicted octanol–water partition coefficient (Wildman–Crippen LogP) is 7.94. The zero-order valence-electron chi connectivity index (χ0n) is 35.4. The van der Waals surface area contributed by atoms with Gasteiger partial charge in [0.05, 0.1) is 19.6 Å². The van der Waals surface area contributed by atoms with Crippen LogP contribution in [0.2, 0.25) is 0 Å². The van der Waals surface area contributed by atoms with Crippen molar-refractivity contribution in [1.82, 2.24) is 13.7 Å². The lowest BCUT2D eigenvalue weighted by molar-refractivity contribution is 0.436. The summed E-state index contributed by atoms with van der Waals surface area (Å²) < 4.78 is 3.20. The maximum Gasteiger partial charge on any atom is 0.336 e. The van der Waals surface area contributed by atoms with E-state index in [-0.39, 0.29) is 53.1 Å². The molecule has 9 nitrogen and oxygen atoms in total. The van der Waals surface area contributed by atoms with E-state index in [1.807, 2.05) is 101 Å². The Morgan fingerprint density at radius 2 is 0.630 bits per heavy atom. The monoisotopic (exact) mass is 741 g/mol. The number of aryl methyl sites for hydroxylation is 3. The number of benzene rings is 3. The minimum Gasteiger partial charge on any atom is -0.507 e. The molecule has 1 heterocycles. The van der Waals surface area contributed by atoms with Gasteiger partial charge in [0.15, 0.2) is 0 Å². The Kier molecular flexibility index (Phi) is 11.7. The average molecular weight is 742 g/mol. The fraction of sp³-hybridized carbons (Fsp3) is 0.533. The summed E-state index contributed by atoms with van der Waals surface area (Å²) in [7, 11) is 0. The largest absolute Gasteiger partial charge is 0.507 e. The molecule has 9 heteroatoms. The number of phenolic OH excluding ortho intramolecular Hbond substituents is 3. The molecule has 0 aliphatic heterocycles. The van der Waals surface area contributed by atoms with Crippen LogP contribution in [-0.2, 0) is 55.1 Å². The van der Waals surface area contributed by atoms with Crippen LogP contribution < -0.4 is 17.1 Å². The number of nitrogens with zero attached hydrogens (tertiary/aromatic N) is 3. The molecule has 3 aromatic carbocycles. The molecule has 4 rings (SSSR count). The summed E-state index contributed by atoms with van der Waals surface area (Å²) in [6.07, 6.45) is 1.89. The highest BCUT2D eigenvalue weighted by Gasteiger charge is 2.29. The lowest BCUT2D eigenvalue weighted by Gasteiger charge is -2.27. The molecule has 0 saturated carbocycles. The fourth-order valence-corrected chi connectivity index (χ4v) is 8.09. The van der Waals surface area contributed by atoms with Gasteiger partial charge < -0.3 is 15.3 Å². The first kappa shape index (κ1) is 42.2. The summed E-state index contributed by atoms with van der Waals surface area (Å²) >= 11 is 0. The number of aromatic nitrogens is 3. The van der Waals surface area contributed by atoms with Gasteiger partial charge in [0.1, 0.15) is 17.2 Å². The highest BCUT2D eigenvalue weighted by Crippen LogP contribution is 2.40. The van der Waals surface area contributed by atoms with Crippen LogP contribution in [0.4, 0.5) is 0 Å². The number of rotatable bonds is 9. The predicted molar refractivity (Wildman–Crippen MR) is 219 cm³/mol. The first-order valence-corrected chi connectivity index (χ1v) is 19.3. The number of hydrogen-bond acceptors (Lipinski definition) is 6. The third-order valence-corrected chi connectivity index (χ3v) is 11.0. The molecular weight excluding hydrogens is 679 g/mol. The van der Waals surface area contributed by atoms with E-state index in [0.29, 0.717) is 52.6 Å². The van der Waals surface area contributed by atoms with E-state index in [9.17, 15) is 29.7 Å². The highest BCUT2D eigenvalue weighted by atomic mass is 16.3. The van der Waals surface area contributed by atoms with Crippen LogP contribution in [0.15, 0.2) is 32.6 Å². The standard InChI is InChI=1S/C45H63N3O6/c1-16-28-19-31(25(4)37(49)34(28)43(7,8)9)22-46-40(52)47(23-32-20-29(17-2)35(44(10,11)12)38(50)26(32)5)42(54)48(41(46)53)24-33-21-30(18-3)36(45(13,14)15)39(51)27(33)6/h19-21,49-51H,16-18,22-24H2,1-15H3. The van der Waals surface area contributed by atoms with Crippen molar-refractivity contribution in [2.24, 2.45) is 0 Å². The molecule has 54 heavy (non-hydrogen) atoms. The zero-order chi connectivity index (χ0) is 41.0. The van der Waals surface area contributed by atoms with E-state index >= 15 is 0 Å². The van der Waals surface area contributed by atoms with Gasteiger partial charge in [-0.2, -0.15) is 0 Å². The quantitative estimate of drug-likeness (QED) is 0.160. The van der Waals surface area contributed by atoms with Crippen molar-refractivity contribution < 1.29 is 15.3 Å². The second-order valence-electron chi connectivity index (χ2n) is 18.0. The smallest absolute Gasteiger partial charge is 0.336 e. The molecule has 0 spiro atoms. The van der Waals surface area contributed by atoms with Crippen molar-refractivity contribution in [3.05, 3.63) is 116 Å². The van der Waals surface area contributed by atoms with E-state index in [1.54, 1.807) is 20.8 Å². The molecule has 0 bridgehead atoms. The van der Waals surface area contributed by atoms with Crippen molar-refractivity contribution in [3.8, 4) is 17.2 Å². The Morgan fingerprint density at radius 3 is 0.796 bits per heavy atom. The minimum absolute atomic E-state index is 0.132. The van der Waals surface area contributed by atoms with E-state index in [0.717, 1.165) is 47.1 Å². The average Bonchev–Trinajstić information content (AvgIpc) is 3.06. The van der Waals surface area contributed by atoms with Gasteiger partial charge in [-0.1, -0.05) is 101 Å². The molecule has 0 atom stereocenters. The zero-order valence-corrected chi connectivity index (χ0v) is 35.4. The van der Waals surface area contributed by atoms with E-state index in [2.05, 4.69) is 0 Å². The fourth-order valence-electron chi connectivity index (χ4n) is 8.09. The molecule has 0 aliphatic rings. The van der Waals surface area contributed by atoms with Crippen molar-refractivity contribution in [3.63, 3.8) is 0 Å². The number of aromatic hydroxyl groups is 3. The molecule has 0 fully saturated rings. The second-order valence-corrected chi connectivity index (χ2v) is 18.0. The lowest BCUT2D eigenvalue weighted by atomic mass is 9.80. The van der Waals surface area contributed by atoms with Gasteiger partial charge in [-0.25, -0.2) is 28.1 Å². The molecule has 0 saturated heterocycles. The summed E-state index contributed by atoms with van der Waals surface area (Å²) in [5, 5.41) is 34.4. The Labute approximate surface area is 321 Å². The summed E-state index contributed by atoms with van der Waals surface area (Å²) in [5.74, 6) is 0.397. The Hall–Kier alpha value is -4.53. The SMILES string of the molecule is CCc1cc(Cn2c(=O)n(Cc3cc(CC)c(C(C)(C)C)c(O)c3C)c(=O)n(Cc3cc(CC)c(C(C)(C)C)c(O)c3C)c2=O)c(C)c(O)c1C(C)(C)C. The van der Waals surface area contributed by atoms with E-state index < -0.39 is 17.1 Å². The van der Waals surface area contributed by atoms with Crippen LogP contribution in [0, 0.1) is 20.8 Å². The van der Waals surface area contributed by atoms with Gasteiger partial charge in [0, 0.05) is 16.7 Å². The van der Waals surface area contributed by atoms with Crippen LogP contribution in [0.1, 0.15) is 150 Å². The molecule has 1 aromatic heterocycles. The molecule has 0 aliphatic carbocycles. The summed E-state index contributed by atoms with van der Waals surface area (Å²) in [6.45, 7) is 29.2. The normalized spacial score (nSPS) is 12.5. The number of phenols is 3. The van der Waals surface area contributed by atoms with E-state index in [1.165, 1.54) is 0 Å². The summed E-state index contributed by atoms with van der Waals surface area (Å²) in [4.78, 5) is 43.5. The Bertz CT molecular complexity index is 2000. The van der Waals surface area contributed by atoms with Crippen molar-refractivity contribution in [2.75, 3.05) is 0 Å². The van der Waals surface area contributed by atoms with Crippen LogP contribution in [0.25, 0.3) is 0 Å². The van der Waals surface area contributed by atoms with Gasteiger partial charge in [-0.15, -0.1) is 0 Å². The van der Waals surface area contributed by atoms with Crippen LogP contribution in [0.3, 0.4) is 0 Å². The molecule has 3 N–H and O–H groups in total. The lowest BCUT2D eigenvalue weighted by Crippen LogP contribution is -2.55. The minimum atomic E-state index is -0.785. The first-order valence-electron chi connectivity index (χ1n) is 19.3. The Morgan fingerprint density at radius 1 is 0.426 bits per heavy atom. The maximum absolute atomic E-state index is 14.5. The van der Waals surface area contributed by atoms with Gasteiger partial charge in [0.2, 0.25) is 0 Å². The van der Waals surface area contributed by atoms with Gasteiger partial charge >= 0.3 is 17.1 Å². The molecule has 0 radical (unpaired) electrons. The molecule has 0 unspecified atom stereocenters. The van der Waals surface area contributed by atoms with Crippen LogP contribution in [0.5, 0.6) is 17.2 Å². The topological polar surface area (TPSA) is 127 Å². The van der Waals surface area contributed by atoms with Gasteiger partial charge in [0.25, 0.3) is 0 Å². The van der Waals surface area contributed by atoms with Gasteiger partial charge in [-0.05, 0) is 106 Å². The third kappa shape index (κ3) is 7.69. The van der Waals surface area contributed by atoms with Crippen LogP contribution >= 0.6 is 0 Å². The summed E-state index contributed by atoms with van der Waals surface area (Å²) in [5.41, 5.74) is 5.29. The molecule has 294 valence electrons. The molecule has 0 amide bonds. The third-order valence-electron chi connectivity index (χ3n) is 11.0. The van der Waals surface area contributed by atoms with Crippen molar-refractivity contribution in [1.29, 1.82) is 0 Å². The Balaban J connectivity index is 2.07. The van der Waals surface area contributed by atoms with E-state index in [4.69, 9.17) is 0 Å². The first-order chi connectivity index (χ1) is 24.8. The van der Waals surface area contributed by atoms with Crippen molar-refractivity contribution in [2.45, 2.75) is 159 Å². The molecule has 4 aromatic rings. The van der Waals surface area contributed by atoms with Crippen molar-refractivity contribution >= 4 is 0 Å². The van der Waals surface area contributed by atoms with Gasteiger partial charge in [-0.3, -0.25) is 0 Å². The maximum atomic E-state index is 14.5. The summed E-state index contributed by atoms with van der Waals surface area (Å²) in [6, 6.07) is 5.84.